The number of rotatable bonds is 4. The molecule has 1 aliphatic rings. The minimum atomic E-state index is -0.0294. The first-order valence-electron chi connectivity index (χ1n) is 6.07. The molecule has 0 bridgehead atoms. The quantitative estimate of drug-likeness (QED) is 0.898. The van der Waals surface area contributed by atoms with Crippen molar-refractivity contribution in [2.75, 3.05) is 13.2 Å². The van der Waals surface area contributed by atoms with Crippen molar-refractivity contribution in [3.8, 4) is 11.5 Å². The summed E-state index contributed by atoms with van der Waals surface area (Å²) >= 11 is 6.22. The van der Waals surface area contributed by atoms with E-state index in [1.165, 1.54) is 0 Å². The average Bonchev–Trinajstić information content (AvgIpc) is 2.35. The predicted octanol–water partition coefficient (Wildman–Crippen LogP) is 3.30. The van der Waals surface area contributed by atoms with Gasteiger partial charge in [-0.3, -0.25) is 0 Å². The molecule has 94 valence electrons. The first kappa shape index (κ1) is 12.5. The first-order chi connectivity index (χ1) is 8.22. The van der Waals surface area contributed by atoms with Crippen LogP contribution in [-0.2, 0) is 0 Å². The Labute approximate surface area is 107 Å². The van der Waals surface area contributed by atoms with Crippen molar-refractivity contribution < 1.29 is 9.47 Å². The Morgan fingerprint density at radius 3 is 2.59 bits per heavy atom. The van der Waals surface area contributed by atoms with Crippen molar-refractivity contribution in [2.24, 2.45) is 5.73 Å². The van der Waals surface area contributed by atoms with Crippen LogP contribution in [0.2, 0.25) is 5.02 Å². The summed E-state index contributed by atoms with van der Waals surface area (Å²) in [5.41, 5.74) is 7.08. The van der Waals surface area contributed by atoms with Crippen molar-refractivity contribution in [3.05, 3.63) is 22.7 Å². The average molecular weight is 256 g/mol. The summed E-state index contributed by atoms with van der Waals surface area (Å²) in [6.45, 7) is 3.31. The van der Waals surface area contributed by atoms with E-state index in [4.69, 9.17) is 26.8 Å². The fraction of sp³-hybridized carbons (Fsp3) is 0.538. The van der Waals surface area contributed by atoms with Crippen LogP contribution in [0, 0.1) is 0 Å². The van der Waals surface area contributed by atoms with Gasteiger partial charge in [0.25, 0.3) is 0 Å². The van der Waals surface area contributed by atoms with E-state index in [0.29, 0.717) is 24.0 Å². The molecule has 0 amide bonds. The standard InChI is InChI=1S/C13H18ClNO2/c1-2-3-4-11(15)9-7-12-13(8-10(9)14)17-6-5-16-12/h7-8,11H,2-6,15H2,1H3. The summed E-state index contributed by atoms with van der Waals surface area (Å²) < 4.78 is 11.0. The monoisotopic (exact) mass is 255 g/mol. The SMILES string of the molecule is CCCCC(N)c1cc2c(cc1Cl)OCCO2. The maximum Gasteiger partial charge on any atom is 0.162 e. The van der Waals surface area contributed by atoms with Crippen LogP contribution in [-0.4, -0.2) is 13.2 Å². The fourth-order valence-corrected chi connectivity index (χ4v) is 2.24. The van der Waals surface area contributed by atoms with Crippen molar-refractivity contribution >= 4 is 11.6 Å². The van der Waals surface area contributed by atoms with Gasteiger partial charge in [-0.1, -0.05) is 31.4 Å². The zero-order valence-corrected chi connectivity index (χ0v) is 10.8. The Hall–Kier alpha value is -0.930. The van der Waals surface area contributed by atoms with Gasteiger partial charge in [0.05, 0.1) is 0 Å². The van der Waals surface area contributed by atoms with Crippen molar-refractivity contribution in [1.82, 2.24) is 0 Å². The lowest BCUT2D eigenvalue weighted by molar-refractivity contribution is 0.171. The van der Waals surface area contributed by atoms with Crippen LogP contribution in [0.25, 0.3) is 0 Å². The van der Waals surface area contributed by atoms with Crippen molar-refractivity contribution in [3.63, 3.8) is 0 Å². The lowest BCUT2D eigenvalue weighted by Crippen LogP contribution is -2.17. The van der Waals surface area contributed by atoms with Crippen LogP contribution in [0.5, 0.6) is 11.5 Å². The zero-order valence-electron chi connectivity index (χ0n) is 10.0. The number of ether oxygens (including phenoxy) is 2. The first-order valence-corrected chi connectivity index (χ1v) is 6.44. The second kappa shape index (κ2) is 5.61. The molecule has 1 aromatic carbocycles. The molecular formula is C13H18ClNO2. The molecule has 1 atom stereocenters. The third-order valence-electron chi connectivity index (χ3n) is 2.93. The summed E-state index contributed by atoms with van der Waals surface area (Å²) in [5, 5.41) is 0.665. The molecule has 17 heavy (non-hydrogen) atoms. The minimum absolute atomic E-state index is 0.0294. The number of benzene rings is 1. The van der Waals surface area contributed by atoms with E-state index in [9.17, 15) is 0 Å². The minimum Gasteiger partial charge on any atom is -0.486 e. The topological polar surface area (TPSA) is 44.5 Å². The van der Waals surface area contributed by atoms with Gasteiger partial charge < -0.3 is 15.2 Å². The molecule has 0 radical (unpaired) electrons. The van der Waals surface area contributed by atoms with E-state index >= 15 is 0 Å². The van der Waals surface area contributed by atoms with E-state index in [0.717, 1.165) is 30.6 Å². The van der Waals surface area contributed by atoms with E-state index in [1.807, 2.05) is 6.07 Å². The number of halogens is 1. The molecule has 0 fully saturated rings. The van der Waals surface area contributed by atoms with E-state index in [2.05, 4.69) is 6.92 Å². The number of hydrogen-bond acceptors (Lipinski definition) is 3. The van der Waals surface area contributed by atoms with Crippen molar-refractivity contribution in [1.29, 1.82) is 0 Å². The van der Waals surface area contributed by atoms with Crippen LogP contribution >= 0.6 is 11.6 Å². The Bertz CT molecular complexity index is 395. The van der Waals surface area contributed by atoms with Crippen LogP contribution < -0.4 is 15.2 Å². The molecule has 0 saturated carbocycles. The van der Waals surface area contributed by atoms with Crippen LogP contribution in [0.1, 0.15) is 37.8 Å². The second-order valence-corrected chi connectivity index (χ2v) is 4.67. The van der Waals surface area contributed by atoms with Crippen LogP contribution in [0.3, 0.4) is 0 Å². The molecule has 1 unspecified atom stereocenters. The lowest BCUT2D eigenvalue weighted by atomic mass is 10.0. The Morgan fingerprint density at radius 2 is 1.94 bits per heavy atom. The summed E-state index contributed by atoms with van der Waals surface area (Å²) in [7, 11) is 0. The molecule has 0 saturated heterocycles. The smallest absolute Gasteiger partial charge is 0.162 e. The third-order valence-corrected chi connectivity index (χ3v) is 3.26. The summed E-state index contributed by atoms with van der Waals surface area (Å²) in [6.07, 6.45) is 3.18. The zero-order chi connectivity index (χ0) is 12.3. The third kappa shape index (κ3) is 2.85. The van der Waals surface area contributed by atoms with Crippen molar-refractivity contribution in [2.45, 2.75) is 32.2 Å². The molecule has 1 aromatic rings. The van der Waals surface area contributed by atoms with Gasteiger partial charge in [-0.15, -0.1) is 0 Å². The molecule has 1 heterocycles. The maximum absolute atomic E-state index is 6.22. The van der Waals surface area contributed by atoms with Gasteiger partial charge >= 0.3 is 0 Å². The summed E-state index contributed by atoms with van der Waals surface area (Å²) in [4.78, 5) is 0. The number of hydrogen-bond donors (Lipinski definition) is 1. The maximum atomic E-state index is 6.22. The van der Waals surface area contributed by atoms with Gasteiger partial charge in [0.2, 0.25) is 0 Å². The fourth-order valence-electron chi connectivity index (χ4n) is 1.94. The summed E-state index contributed by atoms with van der Waals surface area (Å²) in [6, 6.07) is 3.69. The lowest BCUT2D eigenvalue weighted by Gasteiger charge is -2.21. The Balaban J connectivity index is 2.22. The normalized spacial score (nSPS) is 15.7. The van der Waals surface area contributed by atoms with Gasteiger partial charge in [0, 0.05) is 17.1 Å². The van der Waals surface area contributed by atoms with Gasteiger partial charge in [0.15, 0.2) is 11.5 Å². The predicted molar refractivity (Wildman–Crippen MR) is 68.9 cm³/mol. The molecule has 2 N–H and O–H groups in total. The molecule has 1 aliphatic heterocycles. The number of unbranched alkanes of at least 4 members (excludes halogenated alkanes) is 1. The Morgan fingerprint density at radius 1 is 1.29 bits per heavy atom. The number of nitrogens with two attached hydrogens (primary N) is 1. The van der Waals surface area contributed by atoms with Gasteiger partial charge in [0.1, 0.15) is 13.2 Å². The highest BCUT2D eigenvalue weighted by Crippen LogP contribution is 2.38. The molecule has 0 aromatic heterocycles. The summed E-state index contributed by atoms with van der Waals surface area (Å²) in [5.74, 6) is 1.47. The van der Waals surface area contributed by atoms with Gasteiger partial charge in [-0.2, -0.15) is 0 Å². The van der Waals surface area contributed by atoms with E-state index in [-0.39, 0.29) is 6.04 Å². The van der Waals surface area contributed by atoms with Gasteiger partial charge in [-0.25, -0.2) is 0 Å². The molecule has 2 rings (SSSR count). The molecular weight excluding hydrogens is 238 g/mol. The van der Waals surface area contributed by atoms with E-state index in [1.54, 1.807) is 6.07 Å². The van der Waals surface area contributed by atoms with Crippen LogP contribution in [0.15, 0.2) is 12.1 Å². The molecule has 3 nitrogen and oxygen atoms in total. The highest BCUT2D eigenvalue weighted by Gasteiger charge is 2.18. The highest BCUT2D eigenvalue weighted by molar-refractivity contribution is 6.31. The number of fused-ring (bicyclic) bond motifs is 1. The highest BCUT2D eigenvalue weighted by atomic mass is 35.5. The Kier molecular flexibility index (Phi) is 4.13. The molecule has 4 heteroatoms. The largest absolute Gasteiger partial charge is 0.486 e. The molecule has 0 spiro atoms. The molecule has 0 aliphatic carbocycles. The van der Waals surface area contributed by atoms with Crippen LogP contribution in [0.4, 0.5) is 0 Å². The van der Waals surface area contributed by atoms with E-state index < -0.39 is 0 Å². The van der Waals surface area contributed by atoms with Gasteiger partial charge in [-0.05, 0) is 18.1 Å². The second-order valence-electron chi connectivity index (χ2n) is 4.27.